The van der Waals surface area contributed by atoms with Gasteiger partial charge in [-0.15, -0.1) is 5.10 Å². The van der Waals surface area contributed by atoms with Crippen molar-refractivity contribution in [2.24, 2.45) is 0 Å². The molecule has 0 amide bonds. The van der Waals surface area contributed by atoms with Gasteiger partial charge in [0.1, 0.15) is 0 Å². The smallest absolute Gasteiger partial charge is 0.356 e. The third-order valence-electron chi connectivity index (χ3n) is 2.77. The fraction of sp³-hybridized carbons (Fsp3) is 0.308. The molecule has 21 heavy (non-hydrogen) atoms. The number of hydrogen-bond acceptors (Lipinski definition) is 7. The summed E-state index contributed by atoms with van der Waals surface area (Å²) in [6.45, 7) is 1.95. The van der Waals surface area contributed by atoms with Crippen LogP contribution in [0.4, 0.5) is 0 Å². The van der Waals surface area contributed by atoms with E-state index in [1.54, 1.807) is 6.20 Å². The highest BCUT2D eigenvalue weighted by Gasteiger charge is 2.17. The minimum absolute atomic E-state index is 0.0102. The molecule has 0 radical (unpaired) electrons. The molecule has 0 bridgehead atoms. The van der Waals surface area contributed by atoms with Crippen molar-refractivity contribution in [2.45, 2.75) is 13.3 Å². The first-order chi connectivity index (χ1) is 10.1. The molecular formula is C13H14N4O4. The monoisotopic (exact) mass is 290 g/mol. The minimum Gasteiger partial charge on any atom is -0.464 e. The second-order valence-electron chi connectivity index (χ2n) is 4.09. The highest BCUT2D eigenvalue weighted by molar-refractivity contribution is 5.92. The molecule has 0 spiro atoms. The van der Waals surface area contributed by atoms with Gasteiger partial charge in [0, 0.05) is 0 Å². The van der Waals surface area contributed by atoms with E-state index in [-0.39, 0.29) is 11.4 Å². The molecule has 8 nitrogen and oxygen atoms in total. The van der Waals surface area contributed by atoms with Crippen molar-refractivity contribution in [3.8, 4) is 5.69 Å². The average molecular weight is 290 g/mol. The Hall–Kier alpha value is -2.77. The van der Waals surface area contributed by atoms with Crippen molar-refractivity contribution < 1.29 is 19.1 Å². The molecule has 8 heteroatoms. The summed E-state index contributed by atoms with van der Waals surface area (Å²) in [5.41, 5.74) is 1.23. The van der Waals surface area contributed by atoms with Crippen LogP contribution in [0.5, 0.6) is 0 Å². The normalized spacial score (nSPS) is 10.2. The Morgan fingerprint density at radius 3 is 2.14 bits per heavy atom. The average Bonchev–Trinajstić information content (AvgIpc) is 3.01. The largest absolute Gasteiger partial charge is 0.464 e. The van der Waals surface area contributed by atoms with Crippen LogP contribution in [0, 0.1) is 0 Å². The Kier molecular flexibility index (Phi) is 4.27. The molecule has 110 valence electrons. The number of nitrogens with zero attached hydrogens (tertiary/aromatic N) is 4. The maximum absolute atomic E-state index is 11.6. The lowest BCUT2D eigenvalue weighted by atomic mass is 10.2. The molecule has 2 rings (SSSR count). The Balaban J connectivity index is 2.53. The van der Waals surface area contributed by atoms with Gasteiger partial charge >= 0.3 is 11.9 Å². The Morgan fingerprint density at radius 1 is 1.14 bits per heavy atom. The third kappa shape index (κ3) is 3.04. The number of pyridine rings is 1. The molecule has 0 aliphatic carbocycles. The first-order valence-electron chi connectivity index (χ1n) is 6.19. The standard InChI is InChI=1S/C13H14N4O4/c1-4-8-7-17(16-15-8)9-5-10(12(18)20-2)14-11(6-9)13(19)21-3/h5-7H,4H2,1-3H3. The highest BCUT2D eigenvalue weighted by atomic mass is 16.5. The van der Waals surface area contributed by atoms with Crippen LogP contribution in [-0.2, 0) is 15.9 Å². The van der Waals surface area contributed by atoms with Gasteiger partial charge in [-0.2, -0.15) is 0 Å². The van der Waals surface area contributed by atoms with E-state index in [0.717, 1.165) is 12.1 Å². The number of rotatable bonds is 4. The Labute approximate surface area is 120 Å². The molecule has 0 fully saturated rings. The lowest BCUT2D eigenvalue weighted by molar-refractivity contribution is 0.0585. The number of aryl methyl sites for hydroxylation is 1. The van der Waals surface area contributed by atoms with Gasteiger partial charge in [-0.25, -0.2) is 19.3 Å². The first-order valence-corrected chi connectivity index (χ1v) is 6.19. The van der Waals surface area contributed by atoms with Crippen LogP contribution in [-0.4, -0.2) is 46.1 Å². The van der Waals surface area contributed by atoms with Crippen LogP contribution in [0.2, 0.25) is 0 Å². The number of ether oxygens (including phenoxy) is 2. The Bertz CT molecular complexity index is 646. The fourth-order valence-corrected chi connectivity index (χ4v) is 1.65. The van der Waals surface area contributed by atoms with Gasteiger partial charge in [0.15, 0.2) is 11.4 Å². The van der Waals surface area contributed by atoms with Gasteiger partial charge in [-0.05, 0) is 18.6 Å². The highest BCUT2D eigenvalue weighted by Crippen LogP contribution is 2.13. The summed E-state index contributed by atoms with van der Waals surface area (Å²) in [7, 11) is 2.47. The quantitative estimate of drug-likeness (QED) is 0.768. The predicted molar refractivity (Wildman–Crippen MR) is 71.2 cm³/mol. The molecule has 0 aliphatic heterocycles. The van der Waals surface area contributed by atoms with Crippen LogP contribution in [0.3, 0.4) is 0 Å². The molecule has 2 heterocycles. The van der Waals surface area contributed by atoms with Crippen molar-refractivity contribution in [3.63, 3.8) is 0 Å². The lowest BCUT2D eigenvalue weighted by Crippen LogP contribution is -2.12. The summed E-state index contributed by atoms with van der Waals surface area (Å²) in [6, 6.07) is 2.93. The van der Waals surface area contributed by atoms with Crippen molar-refractivity contribution in [1.29, 1.82) is 0 Å². The zero-order valence-corrected chi connectivity index (χ0v) is 11.9. The van der Waals surface area contributed by atoms with Gasteiger partial charge in [0.05, 0.1) is 31.8 Å². The van der Waals surface area contributed by atoms with E-state index in [0.29, 0.717) is 5.69 Å². The van der Waals surface area contributed by atoms with Crippen molar-refractivity contribution in [1.82, 2.24) is 20.0 Å². The van der Waals surface area contributed by atoms with Gasteiger partial charge in [-0.3, -0.25) is 0 Å². The maximum Gasteiger partial charge on any atom is 0.356 e. The SMILES string of the molecule is CCc1cn(-c2cc(C(=O)OC)nc(C(=O)OC)c2)nn1. The number of hydrogen-bond donors (Lipinski definition) is 0. The summed E-state index contributed by atoms with van der Waals surface area (Å²) in [5, 5.41) is 7.91. The molecule has 0 aromatic carbocycles. The first kappa shape index (κ1) is 14.6. The molecule has 0 aliphatic rings. The van der Waals surface area contributed by atoms with Gasteiger partial charge in [0.25, 0.3) is 0 Å². The van der Waals surface area contributed by atoms with Gasteiger partial charge in [0.2, 0.25) is 0 Å². The zero-order chi connectivity index (χ0) is 15.4. The fourth-order valence-electron chi connectivity index (χ4n) is 1.65. The number of carbonyl (C=O) groups is 2. The van der Waals surface area contributed by atoms with Crippen molar-refractivity contribution >= 4 is 11.9 Å². The summed E-state index contributed by atoms with van der Waals surface area (Å²) in [6.07, 6.45) is 2.43. The number of esters is 2. The van der Waals surface area contributed by atoms with E-state index in [1.807, 2.05) is 6.92 Å². The molecule has 2 aromatic heterocycles. The Morgan fingerprint density at radius 2 is 1.71 bits per heavy atom. The zero-order valence-electron chi connectivity index (χ0n) is 11.9. The van der Waals surface area contributed by atoms with E-state index in [9.17, 15) is 9.59 Å². The van der Waals surface area contributed by atoms with Crippen LogP contribution < -0.4 is 0 Å². The van der Waals surface area contributed by atoms with E-state index >= 15 is 0 Å². The number of methoxy groups -OCH3 is 2. The second-order valence-corrected chi connectivity index (χ2v) is 4.09. The summed E-state index contributed by atoms with van der Waals surface area (Å²) >= 11 is 0. The van der Waals surface area contributed by atoms with Crippen molar-refractivity contribution in [3.05, 3.63) is 35.4 Å². The van der Waals surface area contributed by atoms with Crippen LogP contribution in [0.15, 0.2) is 18.3 Å². The van der Waals surface area contributed by atoms with Gasteiger partial charge < -0.3 is 9.47 Å². The van der Waals surface area contributed by atoms with E-state index in [4.69, 9.17) is 0 Å². The van der Waals surface area contributed by atoms with Crippen LogP contribution in [0.25, 0.3) is 5.69 Å². The molecule has 0 atom stereocenters. The topological polar surface area (TPSA) is 96.2 Å². The number of aromatic nitrogens is 4. The van der Waals surface area contributed by atoms with E-state index in [2.05, 4.69) is 24.8 Å². The summed E-state index contributed by atoms with van der Waals surface area (Å²) in [5.74, 6) is -1.31. The van der Waals surface area contributed by atoms with Crippen molar-refractivity contribution in [2.75, 3.05) is 14.2 Å². The van der Waals surface area contributed by atoms with Crippen LogP contribution >= 0.6 is 0 Å². The lowest BCUT2D eigenvalue weighted by Gasteiger charge is -2.06. The number of carbonyl (C=O) groups excluding carboxylic acids is 2. The van der Waals surface area contributed by atoms with Crippen LogP contribution in [0.1, 0.15) is 33.6 Å². The van der Waals surface area contributed by atoms with Gasteiger partial charge in [-0.1, -0.05) is 12.1 Å². The molecular weight excluding hydrogens is 276 g/mol. The minimum atomic E-state index is -0.655. The maximum atomic E-state index is 11.6. The summed E-state index contributed by atoms with van der Waals surface area (Å²) < 4.78 is 10.7. The van der Waals surface area contributed by atoms with E-state index in [1.165, 1.54) is 31.0 Å². The molecule has 0 unspecified atom stereocenters. The van der Waals surface area contributed by atoms with E-state index < -0.39 is 11.9 Å². The molecule has 0 saturated heterocycles. The third-order valence-corrected chi connectivity index (χ3v) is 2.77. The molecule has 2 aromatic rings. The molecule has 0 saturated carbocycles. The molecule has 0 N–H and O–H groups in total. The second kappa shape index (κ2) is 6.12. The predicted octanol–water partition coefficient (Wildman–Crippen LogP) is 0.798. The summed E-state index contributed by atoms with van der Waals surface area (Å²) in [4.78, 5) is 27.2.